The van der Waals surface area contributed by atoms with Gasteiger partial charge in [-0.1, -0.05) is 23.8 Å². The van der Waals surface area contributed by atoms with Crippen LogP contribution in [0.1, 0.15) is 32.6 Å². The van der Waals surface area contributed by atoms with E-state index in [1.165, 1.54) is 37.1 Å². The summed E-state index contributed by atoms with van der Waals surface area (Å²) in [5.41, 5.74) is 2.67. The van der Waals surface area contributed by atoms with E-state index in [1.54, 1.807) is 0 Å². The number of piperidine rings is 1. The molecule has 1 saturated heterocycles. The second-order valence-corrected chi connectivity index (χ2v) is 4.84. The van der Waals surface area contributed by atoms with Crippen molar-refractivity contribution in [1.29, 1.82) is 0 Å². The molecule has 1 nitrogen and oxygen atoms in total. The lowest BCUT2D eigenvalue weighted by molar-refractivity contribution is 0.456. The first-order chi connectivity index (χ1) is 7.77. The molecule has 0 unspecified atom stereocenters. The largest absolute Gasteiger partial charge is 0.368 e. The summed E-state index contributed by atoms with van der Waals surface area (Å²) in [5, 5.41) is 0. The molecule has 0 radical (unpaired) electrons. The lowest BCUT2D eigenvalue weighted by Gasteiger charge is -2.38. The summed E-state index contributed by atoms with van der Waals surface area (Å²) in [5.74, 6) is 0. The van der Waals surface area contributed by atoms with Crippen molar-refractivity contribution in [2.75, 3.05) is 11.4 Å². The van der Waals surface area contributed by atoms with Crippen molar-refractivity contribution < 1.29 is 0 Å². The highest BCUT2D eigenvalue weighted by molar-refractivity contribution is 5.47. The first kappa shape index (κ1) is 11.3. The number of benzene rings is 1. The van der Waals surface area contributed by atoms with Gasteiger partial charge in [0.2, 0.25) is 0 Å². The Morgan fingerprint density at radius 3 is 2.75 bits per heavy atom. The van der Waals surface area contributed by atoms with Gasteiger partial charge in [-0.2, -0.15) is 0 Å². The molecule has 1 aliphatic heterocycles. The summed E-state index contributed by atoms with van der Waals surface area (Å²) >= 11 is 0. The number of nitrogens with zero attached hydrogens (tertiary/aromatic N) is 1. The molecule has 1 aromatic carbocycles. The second kappa shape index (κ2) is 5.20. The average molecular weight is 215 g/mol. The molecule has 0 N–H and O–H groups in total. The molecule has 1 heteroatoms. The van der Waals surface area contributed by atoms with Crippen molar-refractivity contribution in [1.82, 2.24) is 0 Å². The predicted octanol–water partition coefficient (Wildman–Crippen LogP) is 4.01. The van der Waals surface area contributed by atoms with Gasteiger partial charge in [0.15, 0.2) is 0 Å². The highest BCUT2D eigenvalue weighted by Crippen LogP contribution is 2.27. The van der Waals surface area contributed by atoms with Crippen molar-refractivity contribution >= 4 is 5.69 Å². The second-order valence-electron chi connectivity index (χ2n) is 4.84. The molecule has 0 aliphatic carbocycles. The zero-order chi connectivity index (χ0) is 11.4. The fourth-order valence-electron chi connectivity index (χ4n) is 2.57. The van der Waals surface area contributed by atoms with Gasteiger partial charge in [0.05, 0.1) is 0 Å². The fourth-order valence-corrected chi connectivity index (χ4v) is 2.57. The van der Waals surface area contributed by atoms with E-state index >= 15 is 0 Å². The van der Waals surface area contributed by atoms with Crippen LogP contribution < -0.4 is 4.90 Å². The van der Waals surface area contributed by atoms with Crippen LogP contribution >= 0.6 is 0 Å². The van der Waals surface area contributed by atoms with Gasteiger partial charge in [-0.15, -0.1) is 6.58 Å². The SMILES string of the molecule is C=C(C)C[C@H]1CCCCN1c1ccccc1. The summed E-state index contributed by atoms with van der Waals surface area (Å²) in [4.78, 5) is 2.55. The Kier molecular flexibility index (Phi) is 3.66. The maximum absolute atomic E-state index is 4.05. The molecular weight excluding hydrogens is 194 g/mol. The molecule has 2 rings (SSSR count). The van der Waals surface area contributed by atoms with Gasteiger partial charge >= 0.3 is 0 Å². The summed E-state index contributed by atoms with van der Waals surface area (Å²) < 4.78 is 0. The summed E-state index contributed by atoms with van der Waals surface area (Å²) in [6.07, 6.45) is 5.12. The minimum absolute atomic E-state index is 0.661. The minimum Gasteiger partial charge on any atom is -0.368 e. The summed E-state index contributed by atoms with van der Waals surface area (Å²) in [7, 11) is 0. The van der Waals surface area contributed by atoms with Crippen LogP contribution in [0, 0.1) is 0 Å². The van der Waals surface area contributed by atoms with Crippen molar-refractivity contribution in [2.45, 2.75) is 38.6 Å². The van der Waals surface area contributed by atoms with Crippen LogP contribution in [0.15, 0.2) is 42.5 Å². The van der Waals surface area contributed by atoms with Crippen LogP contribution in [0.25, 0.3) is 0 Å². The first-order valence-corrected chi connectivity index (χ1v) is 6.23. The number of hydrogen-bond donors (Lipinski definition) is 0. The molecule has 1 atom stereocenters. The quantitative estimate of drug-likeness (QED) is 0.689. The molecule has 0 saturated carbocycles. The van der Waals surface area contributed by atoms with Crippen LogP contribution in [0.5, 0.6) is 0 Å². The molecule has 0 bridgehead atoms. The minimum atomic E-state index is 0.661. The van der Waals surface area contributed by atoms with E-state index in [9.17, 15) is 0 Å². The van der Waals surface area contributed by atoms with E-state index in [1.807, 2.05) is 0 Å². The molecule has 16 heavy (non-hydrogen) atoms. The smallest absolute Gasteiger partial charge is 0.0368 e. The van der Waals surface area contributed by atoms with Gasteiger partial charge in [0, 0.05) is 18.3 Å². The zero-order valence-corrected chi connectivity index (χ0v) is 10.2. The number of rotatable bonds is 3. The van der Waals surface area contributed by atoms with E-state index in [4.69, 9.17) is 0 Å². The van der Waals surface area contributed by atoms with Crippen LogP contribution in [0.4, 0.5) is 5.69 Å². The molecule has 86 valence electrons. The Hall–Kier alpha value is -1.24. The predicted molar refractivity (Wildman–Crippen MR) is 70.9 cm³/mol. The van der Waals surface area contributed by atoms with Crippen LogP contribution in [-0.4, -0.2) is 12.6 Å². The highest BCUT2D eigenvalue weighted by atomic mass is 15.2. The Morgan fingerprint density at radius 1 is 1.31 bits per heavy atom. The first-order valence-electron chi connectivity index (χ1n) is 6.23. The van der Waals surface area contributed by atoms with E-state index < -0.39 is 0 Å². The van der Waals surface area contributed by atoms with Gasteiger partial charge in [-0.25, -0.2) is 0 Å². The third-order valence-electron chi connectivity index (χ3n) is 3.30. The highest BCUT2D eigenvalue weighted by Gasteiger charge is 2.22. The molecule has 0 amide bonds. The monoisotopic (exact) mass is 215 g/mol. The molecule has 1 aliphatic rings. The maximum Gasteiger partial charge on any atom is 0.0368 e. The molecule has 1 fully saturated rings. The maximum atomic E-state index is 4.05. The van der Waals surface area contributed by atoms with Crippen LogP contribution in [0.2, 0.25) is 0 Å². The molecular formula is C15H21N. The third kappa shape index (κ3) is 2.66. The fraction of sp³-hybridized carbons (Fsp3) is 0.467. The van der Waals surface area contributed by atoms with Gasteiger partial charge in [-0.05, 0) is 44.7 Å². The van der Waals surface area contributed by atoms with Gasteiger partial charge < -0.3 is 4.90 Å². The van der Waals surface area contributed by atoms with Crippen LogP contribution in [-0.2, 0) is 0 Å². The molecule has 1 heterocycles. The van der Waals surface area contributed by atoms with E-state index in [0.717, 1.165) is 6.42 Å². The van der Waals surface area contributed by atoms with Crippen molar-refractivity contribution in [3.8, 4) is 0 Å². The molecule has 0 spiro atoms. The normalized spacial score (nSPS) is 20.8. The zero-order valence-electron chi connectivity index (χ0n) is 10.2. The van der Waals surface area contributed by atoms with Gasteiger partial charge in [0.25, 0.3) is 0 Å². The lowest BCUT2D eigenvalue weighted by Crippen LogP contribution is -2.39. The van der Waals surface area contributed by atoms with Gasteiger partial charge in [0.1, 0.15) is 0 Å². The molecule has 0 aromatic heterocycles. The lowest BCUT2D eigenvalue weighted by atomic mass is 9.96. The van der Waals surface area contributed by atoms with Crippen molar-refractivity contribution in [3.05, 3.63) is 42.5 Å². The summed E-state index contributed by atoms with van der Waals surface area (Å²) in [6, 6.07) is 11.4. The average Bonchev–Trinajstić information content (AvgIpc) is 2.30. The summed E-state index contributed by atoms with van der Waals surface area (Å²) in [6.45, 7) is 7.38. The molecule has 1 aromatic rings. The van der Waals surface area contributed by atoms with Crippen LogP contribution in [0.3, 0.4) is 0 Å². The Balaban J connectivity index is 2.13. The van der Waals surface area contributed by atoms with E-state index in [2.05, 4.69) is 48.7 Å². The van der Waals surface area contributed by atoms with Crippen molar-refractivity contribution in [3.63, 3.8) is 0 Å². The number of anilines is 1. The standard InChI is InChI=1S/C15H21N/c1-13(2)12-15-10-6-7-11-16(15)14-8-4-3-5-9-14/h3-5,8-9,15H,1,6-7,10-12H2,2H3/t15-/m1/s1. The van der Waals surface area contributed by atoms with Gasteiger partial charge in [-0.3, -0.25) is 0 Å². The topological polar surface area (TPSA) is 3.24 Å². The number of para-hydroxylation sites is 1. The Morgan fingerprint density at radius 2 is 2.06 bits per heavy atom. The Labute approximate surface area is 98.8 Å². The number of hydrogen-bond acceptors (Lipinski definition) is 1. The third-order valence-corrected chi connectivity index (χ3v) is 3.30. The Bertz CT molecular complexity index is 342. The van der Waals surface area contributed by atoms with Crippen molar-refractivity contribution in [2.24, 2.45) is 0 Å². The van der Waals surface area contributed by atoms with E-state index in [-0.39, 0.29) is 0 Å². The van der Waals surface area contributed by atoms with E-state index in [0.29, 0.717) is 6.04 Å².